The molecular formula is C23H32N4O4. The molecule has 0 saturated carbocycles. The van der Waals surface area contributed by atoms with Crippen LogP contribution in [0.1, 0.15) is 42.8 Å². The zero-order chi connectivity index (χ0) is 23.4. The Morgan fingerprint density at radius 2 is 1.52 bits per heavy atom. The molecule has 0 radical (unpaired) electrons. The van der Waals surface area contributed by atoms with Crippen LogP contribution in [0.2, 0.25) is 0 Å². The van der Waals surface area contributed by atoms with Crippen molar-refractivity contribution in [3.05, 3.63) is 58.6 Å². The number of nitrogens with zero attached hydrogens (tertiary/aromatic N) is 2. The Balaban J connectivity index is 0.000000442. The van der Waals surface area contributed by atoms with Crippen LogP contribution in [0, 0.1) is 27.7 Å². The van der Waals surface area contributed by atoms with Gasteiger partial charge in [0.05, 0.1) is 25.2 Å². The van der Waals surface area contributed by atoms with Crippen molar-refractivity contribution in [2.45, 2.75) is 48.0 Å². The van der Waals surface area contributed by atoms with E-state index in [0.717, 1.165) is 17.0 Å². The summed E-state index contributed by atoms with van der Waals surface area (Å²) in [4.78, 5) is 31.8. The zero-order valence-electron chi connectivity index (χ0n) is 19.1. The number of carbonyl (C=O) groups is 2. The molecule has 31 heavy (non-hydrogen) atoms. The summed E-state index contributed by atoms with van der Waals surface area (Å²) in [6.45, 7) is 11.7. The number of rotatable bonds is 7. The number of hydrogen-bond acceptors (Lipinski definition) is 8. The third kappa shape index (κ3) is 10.3. The quantitative estimate of drug-likeness (QED) is 0.505. The van der Waals surface area contributed by atoms with Crippen molar-refractivity contribution < 1.29 is 19.1 Å². The Labute approximate surface area is 183 Å². The molecule has 0 aliphatic carbocycles. The van der Waals surface area contributed by atoms with Crippen molar-refractivity contribution in [3.63, 3.8) is 0 Å². The first-order chi connectivity index (χ1) is 14.6. The molecule has 0 bridgehead atoms. The fourth-order valence-corrected chi connectivity index (χ4v) is 2.72. The Hall–Kier alpha value is -3.42. The highest BCUT2D eigenvalue weighted by atomic mass is 16.5. The van der Waals surface area contributed by atoms with Crippen LogP contribution < -0.4 is 11.1 Å². The summed E-state index contributed by atoms with van der Waals surface area (Å²) in [6, 6.07) is 7.64. The first kappa shape index (κ1) is 25.6. The van der Waals surface area contributed by atoms with Gasteiger partial charge in [-0.25, -0.2) is 14.8 Å². The van der Waals surface area contributed by atoms with E-state index in [2.05, 4.69) is 15.3 Å². The number of carbonyl (C=O) groups excluding carboxylic acids is 2. The number of ether oxygens (including phenoxy) is 2. The van der Waals surface area contributed by atoms with Crippen LogP contribution in [0.4, 0.5) is 11.6 Å². The van der Waals surface area contributed by atoms with Gasteiger partial charge in [-0.2, -0.15) is 0 Å². The van der Waals surface area contributed by atoms with Crippen molar-refractivity contribution in [1.82, 2.24) is 9.97 Å². The Morgan fingerprint density at radius 1 is 0.935 bits per heavy atom. The predicted molar refractivity (Wildman–Crippen MR) is 121 cm³/mol. The van der Waals surface area contributed by atoms with E-state index in [1.54, 1.807) is 13.8 Å². The zero-order valence-corrected chi connectivity index (χ0v) is 19.1. The number of nitrogens with one attached hydrogen (secondary N) is 1. The smallest absolute Gasteiger partial charge is 0.336 e. The SMILES string of the molecule is CCOC(=O)CC(=CNc1cc(C)cc(C)n1)C(=O)OCC.Cc1cc(C)nc(N)c1. The highest BCUT2D eigenvalue weighted by Crippen LogP contribution is 2.12. The number of aryl methyl sites for hydroxylation is 4. The van der Waals surface area contributed by atoms with Gasteiger partial charge in [0, 0.05) is 17.6 Å². The van der Waals surface area contributed by atoms with Gasteiger partial charge < -0.3 is 20.5 Å². The van der Waals surface area contributed by atoms with Gasteiger partial charge in [-0.05, 0) is 76.9 Å². The number of esters is 2. The van der Waals surface area contributed by atoms with Crippen LogP contribution in [0.25, 0.3) is 0 Å². The van der Waals surface area contributed by atoms with Crippen molar-refractivity contribution >= 4 is 23.6 Å². The molecule has 2 aromatic rings. The van der Waals surface area contributed by atoms with Gasteiger partial charge in [0.25, 0.3) is 0 Å². The van der Waals surface area contributed by atoms with Crippen molar-refractivity contribution in [2.24, 2.45) is 0 Å². The first-order valence-corrected chi connectivity index (χ1v) is 10.1. The number of hydrogen-bond donors (Lipinski definition) is 2. The highest BCUT2D eigenvalue weighted by Gasteiger charge is 2.16. The van der Waals surface area contributed by atoms with Crippen LogP contribution in [0.3, 0.4) is 0 Å². The molecule has 168 valence electrons. The molecule has 3 N–H and O–H groups in total. The average Bonchev–Trinajstić information content (AvgIpc) is 2.64. The Bertz CT molecular complexity index is 855. The molecule has 2 rings (SSSR count). The van der Waals surface area contributed by atoms with Gasteiger partial charge in [-0.15, -0.1) is 0 Å². The van der Waals surface area contributed by atoms with Gasteiger partial charge in [-0.3, -0.25) is 4.79 Å². The summed E-state index contributed by atoms with van der Waals surface area (Å²) in [5.74, 6) is 0.181. The highest BCUT2D eigenvalue weighted by molar-refractivity contribution is 5.94. The maximum absolute atomic E-state index is 11.9. The summed E-state index contributed by atoms with van der Waals surface area (Å²) < 4.78 is 9.80. The first-order valence-electron chi connectivity index (χ1n) is 10.1. The monoisotopic (exact) mass is 428 g/mol. The topological polar surface area (TPSA) is 116 Å². The molecule has 2 heterocycles. The largest absolute Gasteiger partial charge is 0.466 e. The molecule has 0 spiro atoms. The molecule has 8 nitrogen and oxygen atoms in total. The second kappa shape index (κ2) is 13.0. The molecule has 2 aromatic heterocycles. The van der Waals surface area contributed by atoms with Gasteiger partial charge >= 0.3 is 11.9 Å². The van der Waals surface area contributed by atoms with E-state index in [4.69, 9.17) is 15.2 Å². The number of aromatic nitrogens is 2. The molecule has 8 heteroatoms. The number of nitrogen functional groups attached to an aromatic ring is 1. The van der Waals surface area contributed by atoms with E-state index in [-0.39, 0.29) is 25.2 Å². The fourth-order valence-electron chi connectivity index (χ4n) is 2.72. The summed E-state index contributed by atoms with van der Waals surface area (Å²) in [6.07, 6.45) is 1.29. The predicted octanol–water partition coefficient (Wildman–Crippen LogP) is 3.79. The third-order valence-corrected chi connectivity index (χ3v) is 3.79. The van der Waals surface area contributed by atoms with Crippen LogP contribution in [-0.2, 0) is 19.1 Å². The molecular weight excluding hydrogens is 396 g/mol. The lowest BCUT2D eigenvalue weighted by Gasteiger charge is -2.08. The standard InChI is InChI=1S/C16H22N2O4.C7H10N2/c1-5-21-15(19)9-13(16(20)22-6-2)10-17-14-8-11(3)7-12(4)18-14;1-5-3-6(2)9-7(8)4-5/h7-8,10H,5-6,9H2,1-4H3,(H,17,18);3-4H,1-2H3,(H2,8,9). The lowest BCUT2D eigenvalue weighted by molar-refractivity contribution is -0.145. The number of anilines is 2. The maximum atomic E-state index is 11.9. The minimum absolute atomic E-state index is 0.148. The third-order valence-electron chi connectivity index (χ3n) is 3.79. The summed E-state index contributed by atoms with van der Waals surface area (Å²) in [5.41, 5.74) is 9.70. The molecule has 0 unspecified atom stereocenters. The normalized spacial score (nSPS) is 10.6. The van der Waals surface area contributed by atoms with Gasteiger partial charge in [0.2, 0.25) is 0 Å². The summed E-state index contributed by atoms with van der Waals surface area (Å²) in [7, 11) is 0. The molecule has 0 aromatic carbocycles. The van der Waals surface area contributed by atoms with Crippen molar-refractivity contribution in [1.29, 1.82) is 0 Å². The van der Waals surface area contributed by atoms with Gasteiger partial charge in [0.15, 0.2) is 0 Å². The number of nitrogens with two attached hydrogens (primary N) is 1. The second-order valence-corrected chi connectivity index (χ2v) is 6.90. The van der Waals surface area contributed by atoms with Crippen molar-refractivity contribution in [2.75, 3.05) is 24.3 Å². The summed E-state index contributed by atoms with van der Waals surface area (Å²) in [5, 5.41) is 2.93. The molecule has 0 amide bonds. The minimum atomic E-state index is -0.549. The van der Waals surface area contributed by atoms with Crippen LogP contribution in [0.5, 0.6) is 0 Å². The van der Waals surface area contributed by atoms with E-state index < -0.39 is 11.9 Å². The molecule has 0 atom stereocenters. The second-order valence-electron chi connectivity index (χ2n) is 6.90. The molecule has 0 saturated heterocycles. The number of pyridine rings is 2. The van der Waals surface area contributed by atoms with E-state index in [1.165, 1.54) is 11.8 Å². The lowest BCUT2D eigenvalue weighted by Crippen LogP contribution is -2.15. The Kier molecular flexibility index (Phi) is 10.7. The van der Waals surface area contributed by atoms with Crippen LogP contribution in [0.15, 0.2) is 36.0 Å². The molecule has 0 aliphatic heterocycles. The lowest BCUT2D eigenvalue weighted by atomic mass is 10.2. The Morgan fingerprint density at radius 3 is 2.03 bits per heavy atom. The van der Waals surface area contributed by atoms with Gasteiger partial charge in [-0.1, -0.05) is 0 Å². The molecule has 0 aliphatic rings. The minimum Gasteiger partial charge on any atom is -0.466 e. The van der Waals surface area contributed by atoms with Crippen LogP contribution >= 0.6 is 0 Å². The van der Waals surface area contributed by atoms with E-state index >= 15 is 0 Å². The van der Waals surface area contributed by atoms with Gasteiger partial charge in [0.1, 0.15) is 11.6 Å². The summed E-state index contributed by atoms with van der Waals surface area (Å²) >= 11 is 0. The maximum Gasteiger partial charge on any atom is 0.336 e. The van der Waals surface area contributed by atoms with E-state index in [0.29, 0.717) is 11.6 Å². The average molecular weight is 429 g/mol. The molecule has 0 fully saturated rings. The van der Waals surface area contributed by atoms with E-state index in [1.807, 2.05) is 52.0 Å². The van der Waals surface area contributed by atoms with E-state index in [9.17, 15) is 9.59 Å². The van der Waals surface area contributed by atoms with Crippen molar-refractivity contribution in [3.8, 4) is 0 Å². The fraction of sp³-hybridized carbons (Fsp3) is 0.391. The van der Waals surface area contributed by atoms with Crippen LogP contribution in [-0.4, -0.2) is 35.1 Å².